The molecule has 2 unspecified atom stereocenters. The van der Waals surface area contributed by atoms with Crippen LogP contribution in [0.4, 0.5) is 0 Å². The molecule has 5 heteroatoms. The molecule has 0 aromatic rings. The SMILES string of the molecule is C#CCNC(=O)C(C)NCCC(C)CCC(=O)O. The van der Waals surface area contributed by atoms with Crippen LogP contribution in [0, 0.1) is 18.3 Å². The average molecular weight is 254 g/mol. The van der Waals surface area contributed by atoms with Gasteiger partial charge in [0.25, 0.3) is 0 Å². The van der Waals surface area contributed by atoms with Crippen LogP contribution in [0.3, 0.4) is 0 Å². The number of carbonyl (C=O) groups is 2. The molecule has 2 atom stereocenters. The third kappa shape index (κ3) is 8.59. The van der Waals surface area contributed by atoms with E-state index in [1.54, 1.807) is 6.92 Å². The molecule has 18 heavy (non-hydrogen) atoms. The van der Waals surface area contributed by atoms with Gasteiger partial charge >= 0.3 is 5.97 Å². The molecule has 0 saturated carbocycles. The van der Waals surface area contributed by atoms with Crippen LogP contribution in [0.15, 0.2) is 0 Å². The van der Waals surface area contributed by atoms with Gasteiger partial charge in [0.1, 0.15) is 0 Å². The summed E-state index contributed by atoms with van der Waals surface area (Å²) >= 11 is 0. The van der Waals surface area contributed by atoms with Crippen molar-refractivity contribution >= 4 is 11.9 Å². The fourth-order valence-electron chi connectivity index (χ4n) is 1.44. The molecule has 102 valence electrons. The third-order valence-corrected chi connectivity index (χ3v) is 2.70. The molecule has 0 aliphatic heterocycles. The maximum Gasteiger partial charge on any atom is 0.303 e. The van der Waals surface area contributed by atoms with Gasteiger partial charge in [0, 0.05) is 6.42 Å². The maximum atomic E-state index is 11.4. The summed E-state index contributed by atoms with van der Waals surface area (Å²) in [5.74, 6) is 1.78. The number of carboxylic acids is 1. The van der Waals surface area contributed by atoms with E-state index >= 15 is 0 Å². The summed E-state index contributed by atoms with van der Waals surface area (Å²) in [5, 5.41) is 14.2. The van der Waals surface area contributed by atoms with Crippen molar-refractivity contribution in [2.75, 3.05) is 13.1 Å². The molecule has 0 radical (unpaired) electrons. The smallest absolute Gasteiger partial charge is 0.303 e. The molecule has 0 aromatic carbocycles. The molecule has 0 saturated heterocycles. The number of carboxylic acid groups (broad SMARTS) is 1. The molecule has 0 fully saturated rings. The Morgan fingerprint density at radius 2 is 2.00 bits per heavy atom. The molecule has 3 N–H and O–H groups in total. The van der Waals surface area contributed by atoms with E-state index in [1.807, 2.05) is 6.92 Å². The summed E-state index contributed by atoms with van der Waals surface area (Å²) < 4.78 is 0. The molecule has 0 heterocycles. The zero-order chi connectivity index (χ0) is 14.0. The zero-order valence-electron chi connectivity index (χ0n) is 11.0. The van der Waals surface area contributed by atoms with Crippen LogP contribution >= 0.6 is 0 Å². The van der Waals surface area contributed by atoms with Crippen molar-refractivity contribution in [3.8, 4) is 12.3 Å². The Bertz CT molecular complexity index is 310. The summed E-state index contributed by atoms with van der Waals surface area (Å²) in [6.07, 6.45) is 6.74. The summed E-state index contributed by atoms with van der Waals surface area (Å²) in [5.41, 5.74) is 0. The first-order valence-electron chi connectivity index (χ1n) is 6.13. The number of rotatable bonds is 9. The Labute approximate surface area is 108 Å². The first kappa shape index (κ1) is 16.5. The maximum absolute atomic E-state index is 11.4. The van der Waals surface area contributed by atoms with Gasteiger partial charge in [0.05, 0.1) is 12.6 Å². The van der Waals surface area contributed by atoms with Gasteiger partial charge in [-0.05, 0) is 32.2 Å². The van der Waals surface area contributed by atoms with Crippen LogP contribution in [-0.4, -0.2) is 36.1 Å². The number of amides is 1. The summed E-state index contributed by atoms with van der Waals surface area (Å²) in [6.45, 7) is 4.70. The fraction of sp³-hybridized carbons (Fsp3) is 0.692. The van der Waals surface area contributed by atoms with Crippen molar-refractivity contribution in [3.63, 3.8) is 0 Å². The zero-order valence-corrected chi connectivity index (χ0v) is 11.0. The second-order valence-electron chi connectivity index (χ2n) is 4.42. The van der Waals surface area contributed by atoms with Crippen LogP contribution in [0.2, 0.25) is 0 Å². The lowest BCUT2D eigenvalue weighted by Crippen LogP contribution is -2.42. The van der Waals surface area contributed by atoms with E-state index in [0.717, 1.165) is 6.42 Å². The summed E-state index contributed by atoms with van der Waals surface area (Å²) in [7, 11) is 0. The van der Waals surface area contributed by atoms with Crippen molar-refractivity contribution in [1.82, 2.24) is 10.6 Å². The highest BCUT2D eigenvalue weighted by Crippen LogP contribution is 2.09. The van der Waals surface area contributed by atoms with Gasteiger partial charge in [-0.3, -0.25) is 9.59 Å². The minimum absolute atomic E-state index is 0.119. The third-order valence-electron chi connectivity index (χ3n) is 2.70. The van der Waals surface area contributed by atoms with Gasteiger partial charge in [-0.15, -0.1) is 6.42 Å². The van der Waals surface area contributed by atoms with Crippen LogP contribution in [-0.2, 0) is 9.59 Å². The Hall–Kier alpha value is -1.54. The lowest BCUT2D eigenvalue weighted by molar-refractivity contribution is -0.137. The molecule has 1 amide bonds. The van der Waals surface area contributed by atoms with Gasteiger partial charge in [-0.25, -0.2) is 0 Å². The predicted octanol–water partition coefficient (Wildman–Crippen LogP) is 0.605. The summed E-state index contributed by atoms with van der Waals surface area (Å²) in [4.78, 5) is 21.8. The van der Waals surface area contributed by atoms with Gasteiger partial charge < -0.3 is 15.7 Å². The number of carbonyl (C=O) groups excluding carboxylic acids is 1. The highest BCUT2D eigenvalue weighted by molar-refractivity contribution is 5.81. The van der Waals surface area contributed by atoms with Gasteiger partial charge in [-0.1, -0.05) is 12.8 Å². The van der Waals surface area contributed by atoms with E-state index in [2.05, 4.69) is 16.6 Å². The Morgan fingerprint density at radius 1 is 1.33 bits per heavy atom. The van der Waals surface area contributed by atoms with E-state index in [1.165, 1.54) is 0 Å². The van der Waals surface area contributed by atoms with E-state index in [0.29, 0.717) is 18.9 Å². The van der Waals surface area contributed by atoms with E-state index in [9.17, 15) is 9.59 Å². The molecule has 0 bridgehead atoms. The molecule has 0 aliphatic carbocycles. The van der Waals surface area contributed by atoms with Crippen molar-refractivity contribution in [2.24, 2.45) is 5.92 Å². The summed E-state index contributed by atoms with van der Waals surface area (Å²) in [6, 6.07) is -0.287. The van der Waals surface area contributed by atoms with Gasteiger partial charge in [0.15, 0.2) is 0 Å². The monoisotopic (exact) mass is 254 g/mol. The predicted molar refractivity (Wildman–Crippen MR) is 70.0 cm³/mol. The van der Waals surface area contributed by atoms with E-state index in [4.69, 9.17) is 11.5 Å². The quantitative estimate of drug-likeness (QED) is 0.527. The largest absolute Gasteiger partial charge is 0.481 e. The van der Waals surface area contributed by atoms with Crippen LogP contribution in [0.1, 0.15) is 33.1 Å². The number of hydrogen-bond donors (Lipinski definition) is 3. The molecule has 0 rings (SSSR count). The minimum atomic E-state index is -0.767. The second-order valence-corrected chi connectivity index (χ2v) is 4.42. The van der Waals surface area contributed by atoms with Crippen molar-refractivity contribution in [2.45, 2.75) is 39.2 Å². The molecule has 5 nitrogen and oxygen atoms in total. The first-order chi connectivity index (χ1) is 8.47. The van der Waals surface area contributed by atoms with Crippen LogP contribution in [0.25, 0.3) is 0 Å². The topological polar surface area (TPSA) is 78.4 Å². The molecule has 0 aliphatic rings. The number of aliphatic carboxylic acids is 1. The van der Waals surface area contributed by atoms with Crippen molar-refractivity contribution in [3.05, 3.63) is 0 Å². The molecule has 0 spiro atoms. The second kappa shape index (κ2) is 9.49. The van der Waals surface area contributed by atoms with E-state index in [-0.39, 0.29) is 24.9 Å². The lowest BCUT2D eigenvalue weighted by Gasteiger charge is -2.15. The fourth-order valence-corrected chi connectivity index (χ4v) is 1.44. The number of nitrogens with one attached hydrogen (secondary N) is 2. The minimum Gasteiger partial charge on any atom is -0.481 e. The molecular weight excluding hydrogens is 232 g/mol. The highest BCUT2D eigenvalue weighted by atomic mass is 16.4. The standard InChI is InChI=1S/C13H22N2O3/c1-4-8-15-13(18)11(3)14-9-7-10(2)5-6-12(16)17/h1,10-11,14H,5-9H2,2-3H3,(H,15,18)(H,16,17). The Kier molecular flexibility index (Phi) is 8.67. The van der Waals surface area contributed by atoms with Crippen molar-refractivity contribution in [1.29, 1.82) is 0 Å². The molecular formula is C13H22N2O3. The number of hydrogen-bond acceptors (Lipinski definition) is 3. The highest BCUT2D eigenvalue weighted by Gasteiger charge is 2.11. The molecule has 0 aromatic heterocycles. The first-order valence-corrected chi connectivity index (χ1v) is 6.13. The normalized spacial score (nSPS) is 13.4. The lowest BCUT2D eigenvalue weighted by atomic mass is 10.0. The van der Waals surface area contributed by atoms with Crippen LogP contribution in [0.5, 0.6) is 0 Å². The van der Waals surface area contributed by atoms with Gasteiger partial charge in [0.2, 0.25) is 5.91 Å². The Morgan fingerprint density at radius 3 is 2.56 bits per heavy atom. The average Bonchev–Trinajstić information content (AvgIpc) is 2.33. The number of terminal acetylenes is 1. The van der Waals surface area contributed by atoms with E-state index < -0.39 is 5.97 Å². The van der Waals surface area contributed by atoms with Crippen LogP contribution < -0.4 is 10.6 Å². The van der Waals surface area contributed by atoms with Gasteiger partial charge in [-0.2, -0.15) is 0 Å². The van der Waals surface area contributed by atoms with Crippen molar-refractivity contribution < 1.29 is 14.7 Å². The Balaban J connectivity index is 3.67.